The van der Waals surface area contributed by atoms with Gasteiger partial charge in [-0.25, -0.2) is 4.39 Å². The van der Waals surface area contributed by atoms with Gasteiger partial charge in [0.05, 0.1) is 11.1 Å². The molecule has 1 amide bonds. The Kier molecular flexibility index (Phi) is 9.16. The fourth-order valence-electron chi connectivity index (χ4n) is 6.23. The number of aromatic nitrogens is 1. The molecular formula is C34H39FN6O4. The number of guanidine groups is 1. The second kappa shape index (κ2) is 13.6. The molecule has 0 radical (unpaired) electrons. The van der Waals surface area contributed by atoms with E-state index in [4.69, 9.17) is 20.9 Å². The smallest absolute Gasteiger partial charge is 0.256 e. The molecule has 6 rings (SSSR count). The molecule has 2 aliphatic rings. The summed E-state index contributed by atoms with van der Waals surface area (Å²) in [6.07, 6.45) is 7.96. The number of nitrogens with two attached hydrogens (primary N) is 2. The summed E-state index contributed by atoms with van der Waals surface area (Å²) in [5.74, 6) is 0.215. The molecule has 3 heterocycles. The third kappa shape index (κ3) is 6.58. The molecule has 0 spiro atoms. The molecule has 1 fully saturated rings. The van der Waals surface area contributed by atoms with Gasteiger partial charge in [0, 0.05) is 39.0 Å². The first kappa shape index (κ1) is 30.4. The number of carbonyl (C=O) groups is 1. The van der Waals surface area contributed by atoms with Gasteiger partial charge in [0.1, 0.15) is 16.8 Å². The van der Waals surface area contributed by atoms with Crippen LogP contribution >= 0.6 is 0 Å². The lowest BCUT2D eigenvalue weighted by Gasteiger charge is -2.27. The molecule has 0 aliphatic carbocycles. The van der Waals surface area contributed by atoms with Gasteiger partial charge >= 0.3 is 0 Å². The molecule has 4 aromatic rings. The quantitative estimate of drug-likeness (QED) is 0.0911. The average molecular weight is 615 g/mol. The molecule has 10 nitrogen and oxygen atoms in total. The van der Waals surface area contributed by atoms with E-state index in [9.17, 15) is 9.59 Å². The fraction of sp³-hybridized carbons (Fsp3) is 0.382. The zero-order valence-corrected chi connectivity index (χ0v) is 25.2. The molecule has 236 valence electrons. The largest absolute Gasteiger partial charge is 0.451 e. The lowest BCUT2D eigenvalue weighted by Crippen LogP contribution is -2.31. The van der Waals surface area contributed by atoms with Gasteiger partial charge in [-0.05, 0) is 79.8 Å². The number of hydrogen-bond donors (Lipinski definition) is 4. The number of nitrogens with zero attached hydrogens (tertiary/aromatic N) is 2. The summed E-state index contributed by atoms with van der Waals surface area (Å²) in [7, 11) is 0. The molecular weight excluding hydrogens is 575 g/mol. The molecule has 1 atom stereocenters. The lowest BCUT2D eigenvalue weighted by atomic mass is 9.95. The summed E-state index contributed by atoms with van der Waals surface area (Å²) in [6, 6.07) is 12.9. The number of amides is 1. The van der Waals surface area contributed by atoms with Crippen molar-refractivity contribution >= 4 is 39.2 Å². The van der Waals surface area contributed by atoms with E-state index in [1.165, 1.54) is 12.3 Å². The first-order chi connectivity index (χ1) is 21.9. The van der Waals surface area contributed by atoms with Crippen LogP contribution in [0.25, 0.3) is 27.4 Å². The number of benzene rings is 3. The van der Waals surface area contributed by atoms with Crippen molar-refractivity contribution in [2.45, 2.75) is 44.9 Å². The lowest BCUT2D eigenvalue weighted by molar-refractivity contribution is 0.0951. The number of rotatable bonds is 11. The average Bonchev–Trinajstić information content (AvgIpc) is 3.31. The monoisotopic (exact) mass is 614 g/mol. The molecule has 0 saturated carbocycles. The highest BCUT2D eigenvalue weighted by Crippen LogP contribution is 2.46. The van der Waals surface area contributed by atoms with Crippen LogP contribution in [0.3, 0.4) is 0 Å². The molecule has 11 heteroatoms. The van der Waals surface area contributed by atoms with E-state index >= 15 is 4.39 Å². The van der Waals surface area contributed by atoms with Crippen LogP contribution in [0.15, 0.2) is 58.4 Å². The fourth-order valence-corrected chi connectivity index (χ4v) is 6.23. The summed E-state index contributed by atoms with van der Waals surface area (Å²) < 4.78 is 29.6. The van der Waals surface area contributed by atoms with Gasteiger partial charge in [0.2, 0.25) is 5.43 Å². The topological polar surface area (TPSA) is 146 Å². The maximum Gasteiger partial charge on any atom is 0.256 e. The first-order valence-electron chi connectivity index (χ1n) is 15.7. The Labute approximate surface area is 260 Å². The van der Waals surface area contributed by atoms with Crippen molar-refractivity contribution in [3.8, 4) is 17.2 Å². The molecule has 1 saturated heterocycles. The number of anilines is 1. The van der Waals surface area contributed by atoms with E-state index in [1.807, 2.05) is 36.4 Å². The maximum absolute atomic E-state index is 15.8. The number of nitrogens with one attached hydrogen (secondary N) is 2. The SMILES string of the molecule is NC(N)=NCCCCNC(=O)c1cn2c3c(c(NCCCC4CCCOCC4)c(F)cc3c1=O)Oc1cc3ccccc3cc1-2. The predicted molar refractivity (Wildman–Crippen MR) is 175 cm³/mol. The van der Waals surface area contributed by atoms with Gasteiger partial charge in [-0.15, -0.1) is 0 Å². The Bertz CT molecular complexity index is 1810. The van der Waals surface area contributed by atoms with E-state index < -0.39 is 17.2 Å². The van der Waals surface area contributed by atoms with Crippen LogP contribution in [0.1, 0.15) is 55.3 Å². The zero-order valence-electron chi connectivity index (χ0n) is 25.2. The van der Waals surface area contributed by atoms with Crippen LogP contribution < -0.4 is 32.3 Å². The number of unbranched alkanes of at least 4 members (excludes halogenated alkanes) is 1. The standard InChI is InChI=1S/C34H39FN6O4/c35-26-19-24-30-32(29(26)38-14-5-7-21-8-6-15-44-16-11-21)45-28-18-23-10-2-1-9-22(23)17-27(28)41(30)20-25(31(24)42)33(43)39-12-3-4-13-40-34(36)37/h1-2,9-10,17-21,38H,3-8,11-16H2,(H,39,43)(H4,36,37,40). The van der Waals surface area contributed by atoms with Crippen LogP contribution in [0, 0.1) is 11.7 Å². The number of carbonyl (C=O) groups excluding carboxylic acids is 1. The highest BCUT2D eigenvalue weighted by atomic mass is 19.1. The van der Waals surface area contributed by atoms with Crippen LogP contribution in [-0.4, -0.2) is 49.3 Å². The second-order valence-electron chi connectivity index (χ2n) is 11.7. The van der Waals surface area contributed by atoms with E-state index in [-0.39, 0.29) is 28.3 Å². The number of aliphatic imine (C=N–C) groups is 1. The normalized spacial score (nSPS) is 15.6. The van der Waals surface area contributed by atoms with E-state index in [0.29, 0.717) is 55.3 Å². The van der Waals surface area contributed by atoms with Crippen molar-refractivity contribution in [3.63, 3.8) is 0 Å². The summed E-state index contributed by atoms with van der Waals surface area (Å²) in [5.41, 5.74) is 11.4. The number of fused-ring (bicyclic) bond motifs is 3. The Balaban J connectivity index is 1.33. The van der Waals surface area contributed by atoms with E-state index in [2.05, 4.69) is 15.6 Å². The number of halogens is 1. The Morgan fingerprint density at radius 3 is 2.69 bits per heavy atom. The van der Waals surface area contributed by atoms with Gasteiger partial charge in [-0.1, -0.05) is 24.3 Å². The van der Waals surface area contributed by atoms with E-state index in [0.717, 1.165) is 56.1 Å². The summed E-state index contributed by atoms with van der Waals surface area (Å²) in [5, 5.41) is 8.07. The van der Waals surface area contributed by atoms with Crippen molar-refractivity contribution in [1.29, 1.82) is 0 Å². The highest BCUT2D eigenvalue weighted by Gasteiger charge is 2.29. The maximum atomic E-state index is 15.8. The third-order valence-electron chi connectivity index (χ3n) is 8.57. The minimum atomic E-state index is -0.606. The number of ether oxygens (including phenoxy) is 2. The summed E-state index contributed by atoms with van der Waals surface area (Å²) in [4.78, 5) is 30.9. The third-order valence-corrected chi connectivity index (χ3v) is 8.57. The Morgan fingerprint density at radius 2 is 1.87 bits per heavy atom. The highest BCUT2D eigenvalue weighted by molar-refractivity contribution is 6.02. The first-order valence-corrected chi connectivity index (χ1v) is 15.7. The number of pyridine rings is 1. The molecule has 1 unspecified atom stereocenters. The van der Waals surface area contributed by atoms with Crippen molar-refractivity contribution in [2.75, 3.05) is 38.2 Å². The van der Waals surface area contributed by atoms with Gasteiger partial charge in [-0.2, -0.15) is 0 Å². The minimum absolute atomic E-state index is 0.0181. The van der Waals surface area contributed by atoms with Gasteiger partial charge in [-0.3, -0.25) is 14.6 Å². The molecule has 2 aliphatic heterocycles. The van der Waals surface area contributed by atoms with Crippen molar-refractivity contribution in [3.05, 3.63) is 70.3 Å². The van der Waals surface area contributed by atoms with Crippen molar-refractivity contribution < 1.29 is 18.7 Å². The van der Waals surface area contributed by atoms with Crippen LogP contribution in [-0.2, 0) is 4.74 Å². The van der Waals surface area contributed by atoms with Crippen molar-refractivity contribution in [1.82, 2.24) is 9.88 Å². The van der Waals surface area contributed by atoms with Crippen LogP contribution in [0.4, 0.5) is 10.1 Å². The predicted octanol–water partition coefficient (Wildman–Crippen LogP) is 5.18. The Morgan fingerprint density at radius 1 is 1.04 bits per heavy atom. The Hall–Kier alpha value is -4.64. The molecule has 6 N–H and O–H groups in total. The van der Waals surface area contributed by atoms with Crippen molar-refractivity contribution in [2.24, 2.45) is 22.4 Å². The van der Waals surface area contributed by atoms with Crippen LogP contribution in [0.2, 0.25) is 0 Å². The van der Waals surface area contributed by atoms with E-state index in [1.54, 1.807) is 4.57 Å². The molecule has 45 heavy (non-hydrogen) atoms. The summed E-state index contributed by atoms with van der Waals surface area (Å²) >= 11 is 0. The van der Waals surface area contributed by atoms with Gasteiger partial charge in [0.25, 0.3) is 5.91 Å². The zero-order chi connectivity index (χ0) is 31.3. The minimum Gasteiger partial charge on any atom is -0.451 e. The summed E-state index contributed by atoms with van der Waals surface area (Å²) in [6.45, 7) is 2.94. The van der Waals surface area contributed by atoms with Crippen LogP contribution in [0.5, 0.6) is 11.5 Å². The molecule has 3 aromatic carbocycles. The molecule has 1 aromatic heterocycles. The number of hydrogen-bond acceptors (Lipinski definition) is 6. The molecule has 0 bridgehead atoms. The second-order valence-corrected chi connectivity index (χ2v) is 11.7. The van der Waals surface area contributed by atoms with Gasteiger partial charge in [0.15, 0.2) is 23.3 Å². The van der Waals surface area contributed by atoms with Gasteiger partial charge < -0.3 is 36.1 Å².